The van der Waals surface area contributed by atoms with Gasteiger partial charge in [0.2, 0.25) is 11.8 Å². The van der Waals surface area contributed by atoms with Gasteiger partial charge in [0, 0.05) is 38.0 Å². The quantitative estimate of drug-likeness (QED) is 0.690. The smallest absolute Gasteiger partial charge is 0.253 e. The van der Waals surface area contributed by atoms with Gasteiger partial charge < -0.3 is 20.3 Å². The van der Waals surface area contributed by atoms with Crippen LogP contribution in [0.1, 0.15) is 35.7 Å². The molecule has 1 unspecified atom stereocenters. The highest BCUT2D eigenvalue weighted by atomic mass is 19.1. The first-order valence-corrected chi connectivity index (χ1v) is 10.6. The van der Waals surface area contributed by atoms with Crippen molar-refractivity contribution in [1.29, 1.82) is 0 Å². The van der Waals surface area contributed by atoms with Crippen LogP contribution in [0, 0.1) is 5.82 Å². The molecule has 0 radical (unpaired) electrons. The number of halogens is 1. The van der Waals surface area contributed by atoms with Crippen LogP contribution in [0.15, 0.2) is 48.5 Å². The second-order valence-corrected chi connectivity index (χ2v) is 7.85. The summed E-state index contributed by atoms with van der Waals surface area (Å²) < 4.78 is 19.1. The van der Waals surface area contributed by atoms with Crippen LogP contribution in [0.3, 0.4) is 0 Å². The third-order valence-electron chi connectivity index (χ3n) is 5.54. The number of amides is 3. The molecular formula is C24H28FN3O4. The Balaban J connectivity index is 1.56. The van der Waals surface area contributed by atoms with Gasteiger partial charge in [0.1, 0.15) is 17.6 Å². The SMILES string of the molecule is COc1ccc(C(=O)N2CCC(NC(=O)C(Cc3ccccc3F)NC(C)=O)CC2)cc1. The number of piperidine rings is 1. The Morgan fingerprint density at radius 1 is 1.09 bits per heavy atom. The standard InChI is InChI=1S/C24H28FN3O4/c1-16(29)26-22(15-18-5-3-4-6-21(18)25)23(30)27-19-11-13-28(14-12-19)24(31)17-7-9-20(32-2)10-8-17/h3-10,19,22H,11-15H2,1-2H3,(H,26,29)(H,27,30). The fourth-order valence-electron chi connectivity index (χ4n) is 3.78. The van der Waals surface area contributed by atoms with Crippen molar-refractivity contribution in [3.05, 3.63) is 65.5 Å². The molecule has 0 saturated carbocycles. The van der Waals surface area contributed by atoms with Gasteiger partial charge in [-0.05, 0) is 48.7 Å². The van der Waals surface area contributed by atoms with E-state index in [4.69, 9.17) is 4.74 Å². The molecule has 32 heavy (non-hydrogen) atoms. The Kier molecular flexibility index (Phi) is 7.81. The molecule has 2 aromatic rings. The van der Waals surface area contributed by atoms with Gasteiger partial charge in [0.15, 0.2) is 0 Å². The van der Waals surface area contributed by atoms with Crippen molar-refractivity contribution in [3.63, 3.8) is 0 Å². The number of nitrogens with one attached hydrogen (secondary N) is 2. The van der Waals surface area contributed by atoms with Gasteiger partial charge >= 0.3 is 0 Å². The number of carbonyl (C=O) groups excluding carboxylic acids is 3. The molecule has 1 heterocycles. The summed E-state index contributed by atoms with van der Waals surface area (Å²) in [6.07, 6.45) is 1.26. The molecule has 0 spiro atoms. The number of benzene rings is 2. The fraction of sp³-hybridized carbons (Fsp3) is 0.375. The lowest BCUT2D eigenvalue weighted by Crippen LogP contribution is -2.53. The number of hydrogen-bond donors (Lipinski definition) is 2. The van der Waals surface area contributed by atoms with Gasteiger partial charge in [-0.15, -0.1) is 0 Å². The zero-order valence-electron chi connectivity index (χ0n) is 18.3. The normalized spacial score (nSPS) is 15.0. The molecule has 1 atom stereocenters. The molecule has 2 aromatic carbocycles. The highest BCUT2D eigenvalue weighted by Gasteiger charge is 2.28. The molecule has 1 aliphatic rings. The van der Waals surface area contributed by atoms with Gasteiger partial charge in [0.25, 0.3) is 5.91 Å². The minimum absolute atomic E-state index is 0.0619. The van der Waals surface area contributed by atoms with Gasteiger partial charge in [-0.2, -0.15) is 0 Å². The van der Waals surface area contributed by atoms with E-state index in [0.717, 1.165) is 0 Å². The molecule has 2 N–H and O–H groups in total. The van der Waals surface area contributed by atoms with Crippen LogP contribution in [-0.4, -0.2) is 54.9 Å². The largest absolute Gasteiger partial charge is 0.497 e. The maximum absolute atomic E-state index is 14.0. The van der Waals surface area contributed by atoms with Gasteiger partial charge in [-0.1, -0.05) is 18.2 Å². The van der Waals surface area contributed by atoms with E-state index >= 15 is 0 Å². The molecule has 0 aliphatic carbocycles. The van der Waals surface area contributed by atoms with Crippen LogP contribution < -0.4 is 15.4 Å². The Bertz CT molecular complexity index is 956. The topological polar surface area (TPSA) is 87.7 Å². The molecule has 170 valence electrons. The van der Waals surface area contributed by atoms with Gasteiger partial charge in [-0.3, -0.25) is 14.4 Å². The number of likely N-dealkylation sites (tertiary alicyclic amines) is 1. The molecule has 1 fully saturated rings. The second-order valence-electron chi connectivity index (χ2n) is 7.85. The highest BCUT2D eigenvalue weighted by Crippen LogP contribution is 2.17. The van der Waals surface area contributed by atoms with E-state index in [1.165, 1.54) is 13.0 Å². The van der Waals surface area contributed by atoms with E-state index in [2.05, 4.69) is 10.6 Å². The maximum atomic E-state index is 14.0. The number of rotatable bonds is 7. The minimum Gasteiger partial charge on any atom is -0.497 e. The molecular weight excluding hydrogens is 413 g/mol. The molecule has 1 aliphatic heterocycles. The van der Waals surface area contributed by atoms with Crippen LogP contribution in [-0.2, 0) is 16.0 Å². The van der Waals surface area contributed by atoms with Gasteiger partial charge in [0.05, 0.1) is 7.11 Å². The predicted octanol–water partition coefficient (Wildman–Crippen LogP) is 2.30. The first-order chi connectivity index (χ1) is 15.4. The number of hydrogen-bond acceptors (Lipinski definition) is 4. The minimum atomic E-state index is -0.872. The number of ether oxygens (including phenoxy) is 1. The van der Waals surface area contributed by atoms with E-state index in [9.17, 15) is 18.8 Å². The lowest BCUT2D eigenvalue weighted by molar-refractivity contribution is -0.128. The summed E-state index contributed by atoms with van der Waals surface area (Å²) in [5, 5.41) is 5.56. The molecule has 3 amide bonds. The Morgan fingerprint density at radius 3 is 2.34 bits per heavy atom. The lowest BCUT2D eigenvalue weighted by atomic mass is 10.0. The van der Waals surface area contributed by atoms with Crippen LogP contribution in [0.25, 0.3) is 0 Å². The van der Waals surface area contributed by atoms with Crippen LogP contribution >= 0.6 is 0 Å². The van der Waals surface area contributed by atoms with Crippen molar-refractivity contribution in [2.24, 2.45) is 0 Å². The Labute approximate surface area is 186 Å². The summed E-state index contributed by atoms with van der Waals surface area (Å²) in [7, 11) is 1.57. The third kappa shape index (κ3) is 6.06. The average Bonchev–Trinajstić information content (AvgIpc) is 2.80. The maximum Gasteiger partial charge on any atom is 0.253 e. The van der Waals surface area contributed by atoms with Gasteiger partial charge in [-0.25, -0.2) is 4.39 Å². The van der Waals surface area contributed by atoms with Crippen molar-refractivity contribution in [2.45, 2.75) is 38.3 Å². The van der Waals surface area contributed by atoms with Crippen molar-refractivity contribution >= 4 is 17.7 Å². The summed E-state index contributed by atoms with van der Waals surface area (Å²) >= 11 is 0. The summed E-state index contributed by atoms with van der Waals surface area (Å²) in [6.45, 7) is 2.34. The highest BCUT2D eigenvalue weighted by molar-refractivity contribution is 5.94. The lowest BCUT2D eigenvalue weighted by Gasteiger charge is -2.33. The molecule has 0 bridgehead atoms. The fourth-order valence-corrected chi connectivity index (χ4v) is 3.78. The molecule has 7 nitrogen and oxygen atoms in total. The summed E-state index contributed by atoms with van der Waals surface area (Å²) in [5.74, 6) is -0.508. The Morgan fingerprint density at radius 2 is 1.75 bits per heavy atom. The summed E-state index contributed by atoms with van der Waals surface area (Å²) in [4.78, 5) is 38.9. The second kappa shape index (κ2) is 10.7. The number of nitrogens with zero attached hydrogens (tertiary/aromatic N) is 1. The predicted molar refractivity (Wildman–Crippen MR) is 118 cm³/mol. The summed E-state index contributed by atoms with van der Waals surface area (Å²) in [6, 6.07) is 12.2. The summed E-state index contributed by atoms with van der Waals surface area (Å²) in [5.41, 5.74) is 0.949. The van der Waals surface area contributed by atoms with Crippen LogP contribution in [0.5, 0.6) is 5.75 Å². The zero-order chi connectivity index (χ0) is 23.1. The van der Waals surface area contributed by atoms with E-state index in [1.54, 1.807) is 54.5 Å². The Hall–Kier alpha value is -3.42. The number of carbonyl (C=O) groups is 3. The average molecular weight is 442 g/mol. The van der Waals surface area contributed by atoms with Crippen LogP contribution in [0.4, 0.5) is 4.39 Å². The van der Waals surface area contributed by atoms with E-state index in [1.807, 2.05) is 0 Å². The van der Waals surface area contributed by atoms with Crippen molar-refractivity contribution in [3.8, 4) is 5.75 Å². The third-order valence-corrected chi connectivity index (χ3v) is 5.54. The molecule has 1 saturated heterocycles. The van der Waals surface area contributed by atoms with Crippen molar-refractivity contribution < 1.29 is 23.5 Å². The first-order valence-electron chi connectivity index (χ1n) is 10.6. The van der Waals surface area contributed by atoms with Crippen LogP contribution in [0.2, 0.25) is 0 Å². The molecule has 0 aromatic heterocycles. The van der Waals surface area contributed by atoms with E-state index < -0.39 is 11.9 Å². The first kappa shape index (κ1) is 23.2. The van der Waals surface area contributed by atoms with Crippen molar-refractivity contribution in [2.75, 3.05) is 20.2 Å². The molecule has 3 rings (SSSR count). The zero-order valence-corrected chi connectivity index (χ0v) is 18.3. The monoisotopic (exact) mass is 441 g/mol. The van der Waals surface area contributed by atoms with Crippen molar-refractivity contribution in [1.82, 2.24) is 15.5 Å². The molecule has 8 heteroatoms. The number of methoxy groups -OCH3 is 1. The van der Waals surface area contributed by atoms with E-state index in [-0.39, 0.29) is 30.2 Å². The van der Waals surface area contributed by atoms with E-state index in [0.29, 0.717) is 42.8 Å².